The number of fused-ring (bicyclic) bond motifs is 1. The SMILES string of the molecule is O=C(/N=c1\[nH]c2cc(N3CCCNC3=O)ccc2n1CCCO)c1cccc(C(F)F)c1. The van der Waals surface area contributed by atoms with E-state index in [0.29, 0.717) is 37.3 Å². The quantitative estimate of drug-likeness (QED) is 0.546. The standard InChI is InChI=1S/C22H23F2N5O3/c23-19(24)14-4-1-5-15(12-14)20(31)27-21-26-17-13-16(28-9-2-8-25-22(28)32)6-7-18(17)29(21)10-3-11-30/h1,4-7,12-13,19,30H,2-3,8-11H2,(H,25,32)(H,26,27,31). The molecule has 4 rings (SSSR count). The number of nitrogens with one attached hydrogen (secondary N) is 2. The fourth-order valence-electron chi connectivity index (χ4n) is 3.72. The molecule has 3 amide bonds. The molecule has 1 aliphatic rings. The number of alkyl halides is 2. The second-order valence-electron chi connectivity index (χ2n) is 7.46. The van der Waals surface area contributed by atoms with Crippen LogP contribution in [0.2, 0.25) is 0 Å². The van der Waals surface area contributed by atoms with Gasteiger partial charge in [-0.3, -0.25) is 9.69 Å². The molecule has 1 saturated heterocycles. The van der Waals surface area contributed by atoms with E-state index >= 15 is 0 Å². The number of aliphatic hydroxyl groups excluding tert-OH is 1. The number of hydrogen-bond acceptors (Lipinski definition) is 3. The average Bonchev–Trinajstić information content (AvgIpc) is 3.14. The highest BCUT2D eigenvalue weighted by atomic mass is 19.3. The fraction of sp³-hybridized carbons (Fsp3) is 0.318. The summed E-state index contributed by atoms with van der Waals surface area (Å²) in [5.41, 5.74) is 2.15. The van der Waals surface area contributed by atoms with Gasteiger partial charge in [-0.15, -0.1) is 0 Å². The highest BCUT2D eigenvalue weighted by Gasteiger charge is 2.20. The molecule has 0 bridgehead atoms. The van der Waals surface area contributed by atoms with Crippen molar-refractivity contribution in [1.29, 1.82) is 0 Å². The predicted octanol–water partition coefficient (Wildman–Crippen LogP) is 2.95. The third-order valence-electron chi connectivity index (χ3n) is 5.30. The van der Waals surface area contributed by atoms with Gasteiger partial charge in [-0.2, -0.15) is 4.99 Å². The monoisotopic (exact) mass is 443 g/mol. The first-order valence-corrected chi connectivity index (χ1v) is 10.3. The molecular weight excluding hydrogens is 420 g/mol. The summed E-state index contributed by atoms with van der Waals surface area (Å²) in [6.45, 7) is 1.58. The molecule has 10 heteroatoms. The first-order valence-electron chi connectivity index (χ1n) is 10.3. The molecule has 0 atom stereocenters. The van der Waals surface area contributed by atoms with Gasteiger partial charge in [-0.05, 0) is 43.2 Å². The number of carbonyl (C=O) groups is 2. The number of benzene rings is 2. The topological polar surface area (TPSA) is 103 Å². The van der Waals surface area contributed by atoms with Gasteiger partial charge in [0, 0.05) is 43.1 Å². The summed E-state index contributed by atoms with van der Waals surface area (Å²) in [6.07, 6.45) is -1.42. The maximum atomic E-state index is 13.0. The van der Waals surface area contributed by atoms with Gasteiger partial charge in [-0.25, -0.2) is 13.6 Å². The molecule has 0 unspecified atom stereocenters. The van der Waals surface area contributed by atoms with Crippen LogP contribution in [0.5, 0.6) is 0 Å². The summed E-state index contributed by atoms with van der Waals surface area (Å²) in [5.74, 6) is -0.660. The number of hydrogen-bond donors (Lipinski definition) is 3. The summed E-state index contributed by atoms with van der Waals surface area (Å²) >= 11 is 0. The lowest BCUT2D eigenvalue weighted by atomic mass is 10.1. The summed E-state index contributed by atoms with van der Waals surface area (Å²) in [5, 5.41) is 12.1. The predicted molar refractivity (Wildman–Crippen MR) is 115 cm³/mol. The Morgan fingerprint density at radius 1 is 1.22 bits per heavy atom. The Kier molecular flexibility index (Phi) is 6.31. The molecule has 0 saturated carbocycles. The highest BCUT2D eigenvalue weighted by molar-refractivity contribution is 5.96. The van der Waals surface area contributed by atoms with Crippen molar-refractivity contribution in [1.82, 2.24) is 14.9 Å². The molecule has 0 radical (unpaired) electrons. The molecule has 1 aliphatic heterocycles. The van der Waals surface area contributed by atoms with E-state index in [1.54, 1.807) is 15.5 Å². The van der Waals surface area contributed by atoms with Crippen LogP contribution in [0, 0.1) is 0 Å². The van der Waals surface area contributed by atoms with E-state index in [1.807, 2.05) is 12.1 Å². The van der Waals surface area contributed by atoms with Crippen molar-refractivity contribution in [3.05, 3.63) is 59.2 Å². The summed E-state index contributed by atoms with van der Waals surface area (Å²) in [6, 6.07) is 10.5. The lowest BCUT2D eigenvalue weighted by molar-refractivity contribution is 0.0996. The van der Waals surface area contributed by atoms with Crippen LogP contribution in [0.3, 0.4) is 0 Å². The van der Waals surface area contributed by atoms with Crippen LogP contribution in [-0.4, -0.2) is 46.3 Å². The second kappa shape index (κ2) is 9.31. The Morgan fingerprint density at radius 3 is 2.81 bits per heavy atom. The number of anilines is 1. The van der Waals surface area contributed by atoms with E-state index < -0.39 is 12.3 Å². The van der Waals surface area contributed by atoms with Crippen molar-refractivity contribution in [3.8, 4) is 0 Å². The van der Waals surface area contributed by atoms with Gasteiger partial charge in [0.1, 0.15) is 0 Å². The number of aliphatic hydroxyl groups is 1. The lowest BCUT2D eigenvalue weighted by Gasteiger charge is -2.27. The van der Waals surface area contributed by atoms with E-state index in [2.05, 4.69) is 15.3 Å². The molecule has 1 fully saturated rings. The highest BCUT2D eigenvalue weighted by Crippen LogP contribution is 2.23. The number of halogens is 2. The van der Waals surface area contributed by atoms with E-state index in [0.717, 1.165) is 18.0 Å². The third kappa shape index (κ3) is 4.40. The number of aromatic amines is 1. The third-order valence-corrected chi connectivity index (χ3v) is 5.30. The smallest absolute Gasteiger partial charge is 0.321 e. The zero-order valence-corrected chi connectivity index (χ0v) is 17.2. The zero-order chi connectivity index (χ0) is 22.7. The van der Waals surface area contributed by atoms with Gasteiger partial charge in [-0.1, -0.05) is 12.1 Å². The molecule has 0 aliphatic carbocycles. The molecule has 0 spiro atoms. The number of amides is 3. The van der Waals surface area contributed by atoms with Crippen LogP contribution >= 0.6 is 0 Å². The first-order chi connectivity index (χ1) is 15.5. The minimum atomic E-state index is -2.68. The van der Waals surface area contributed by atoms with Crippen molar-refractivity contribution in [2.75, 3.05) is 24.6 Å². The van der Waals surface area contributed by atoms with Crippen molar-refractivity contribution < 1.29 is 23.5 Å². The van der Waals surface area contributed by atoms with Gasteiger partial charge < -0.3 is 20.0 Å². The normalized spacial score (nSPS) is 14.9. The van der Waals surface area contributed by atoms with Crippen molar-refractivity contribution in [2.24, 2.45) is 4.99 Å². The Bertz CT molecular complexity index is 1220. The van der Waals surface area contributed by atoms with Crippen LogP contribution in [0.1, 0.15) is 35.2 Å². The number of urea groups is 1. The van der Waals surface area contributed by atoms with Crippen LogP contribution in [0.15, 0.2) is 47.5 Å². The molecule has 8 nitrogen and oxygen atoms in total. The minimum Gasteiger partial charge on any atom is -0.396 e. The Labute approximate surface area is 182 Å². The fourth-order valence-corrected chi connectivity index (χ4v) is 3.72. The molecule has 3 aromatic rings. The summed E-state index contributed by atoms with van der Waals surface area (Å²) in [7, 11) is 0. The van der Waals surface area contributed by atoms with E-state index in [1.165, 1.54) is 18.2 Å². The molecule has 32 heavy (non-hydrogen) atoms. The van der Waals surface area contributed by atoms with Crippen LogP contribution in [0.4, 0.5) is 19.3 Å². The van der Waals surface area contributed by atoms with Gasteiger partial charge in [0.2, 0.25) is 5.62 Å². The van der Waals surface area contributed by atoms with Crippen LogP contribution in [-0.2, 0) is 6.54 Å². The van der Waals surface area contributed by atoms with Crippen LogP contribution < -0.4 is 15.8 Å². The van der Waals surface area contributed by atoms with E-state index in [-0.39, 0.29) is 29.4 Å². The van der Waals surface area contributed by atoms with E-state index in [4.69, 9.17) is 0 Å². The molecule has 168 valence electrons. The number of aromatic nitrogens is 2. The zero-order valence-electron chi connectivity index (χ0n) is 17.2. The first kappa shape index (κ1) is 21.7. The van der Waals surface area contributed by atoms with Gasteiger partial charge in [0.05, 0.1) is 11.0 Å². The number of aryl methyl sites for hydroxylation is 1. The Balaban J connectivity index is 1.76. The largest absolute Gasteiger partial charge is 0.396 e. The number of rotatable bonds is 6. The van der Waals surface area contributed by atoms with Crippen molar-refractivity contribution in [2.45, 2.75) is 25.8 Å². The Hall–Kier alpha value is -3.53. The molecule has 3 N–H and O–H groups in total. The van der Waals surface area contributed by atoms with Crippen molar-refractivity contribution in [3.63, 3.8) is 0 Å². The molecule has 2 aromatic carbocycles. The van der Waals surface area contributed by atoms with Gasteiger partial charge in [0.25, 0.3) is 12.3 Å². The molecular formula is C22H23F2N5O3. The number of carbonyl (C=O) groups excluding carboxylic acids is 2. The van der Waals surface area contributed by atoms with E-state index in [9.17, 15) is 23.5 Å². The maximum absolute atomic E-state index is 13.0. The second-order valence-corrected chi connectivity index (χ2v) is 7.46. The molecule has 2 heterocycles. The van der Waals surface area contributed by atoms with Crippen molar-refractivity contribution >= 4 is 28.7 Å². The Morgan fingerprint density at radius 2 is 2.06 bits per heavy atom. The lowest BCUT2D eigenvalue weighted by Crippen LogP contribution is -2.46. The van der Waals surface area contributed by atoms with Gasteiger partial charge in [0.15, 0.2) is 0 Å². The number of H-pyrrole nitrogens is 1. The number of imidazole rings is 1. The average molecular weight is 443 g/mol. The van der Waals surface area contributed by atoms with Crippen LogP contribution in [0.25, 0.3) is 11.0 Å². The minimum absolute atomic E-state index is 0.0461. The summed E-state index contributed by atoms with van der Waals surface area (Å²) in [4.78, 5) is 33.7. The molecule has 1 aromatic heterocycles. The van der Waals surface area contributed by atoms with Gasteiger partial charge >= 0.3 is 6.03 Å². The number of nitrogens with zero attached hydrogens (tertiary/aromatic N) is 3. The maximum Gasteiger partial charge on any atom is 0.321 e. The summed E-state index contributed by atoms with van der Waals surface area (Å²) < 4.78 is 27.7.